The third kappa shape index (κ3) is 75.4. The number of benzene rings is 2. The maximum absolute atomic E-state index is 8.35. The minimum absolute atomic E-state index is 0.750. The molecule has 0 amide bonds. The molecule has 2 rings (SSSR count). The largest absolute Gasteiger partial charge is 0.231 e. The van der Waals surface area contributed by atoms with Crippen LogP contribution in [0.2, 0.25) is 0 Å². The fourth-order valence-electron chi connectivity index (χ4n) is 1.28. The number of nitrogens with one attached hydrogen (secondary N) is 6. The zero-order valence-corrected chi connectivity index (χ0v) is 18.1. The average molecular weight is 456 g/mol. The Morgan fingerprint density at radius 3 is 0.697 bits per heavy atom. The van der Waals surface area contributed by atoms with Gasteiger partial charge in [0.15, 0.2) is 0 Å². The van der Waals surface area contributed by atoms with Gasteiger partial charge in [0.1, 0.15) is 0 Å². The molecule has 0 heterocycles. The van der Waals surface area contributed by atoms with E-state index in [1.165, 1.54) is 16.7 Å². The highest BCUT2D eigenvalue weighted by atomic mass is 16.1. The van der Waals surface area contributed by atoms with Crippen molar-refractivity contribution in [2.45, 2.75) is 20.8 Å². The summed E-state index contributed by atoms with van der Waals surface area (Å²) in [6.45, 7) is 6.44. The fourth-order valence-corrected chi connectivity index (χ4v) is 1.28. The Bertz CT molecular complexity index is 756. The topological polar surface area (TPSA) is 246 Å². The molecule has 0 saturated heterocycles. The molecule has 0 radical (unpaired) electrons. The van der Waals surface area contributed by atoms with Gasteiger partial charge in [-0.3, -0.25) is 0 Å². The number of rotatable bonds is 0. The zero-order valence-electron chi connectivity index (χ0n) is 18.1. The first-order valence-electron chi connectivity index (χ1n) is 7.97. The quantitative estimate of drug-likeness (QED) is 0.254. The smallest absolute Gasteiger partial charge is 0.222 e. The summed E-state index contributed by atoms with van der Waals surface area (Å²) in [5, 5.41) is 32.4. The molecule has 0 fully saturated rings. The molecule has 6 N–H and O–H groups in total. The van der Waals surface area contributed by atoms with Gasteiger partial charge in [-0.05, 0) is 37.5 Å². The van der Waals surface area contributed by atoms with Gasteiger partial charge < -0.3 is 0 Å². The summed E-state index contributed by atoms with van der Waals surface area (Å²) in [6.07, 6.45) is 4.50. The second kappa shape index (κ2) is 50.4. The van der Waals surface area contributed by atoms with Crippen LogP contribution < -0.4 is 0 Å². The van der Waals surface area contributed by atoms with Gasteiger partial charge in [0, 0.05) is 0 Å². The molecule has 12 heteroatoms. The summed E-state index contributed by atoms with van der Waals surface area (Å²) in [4.78, 5) is 50.1. The van der Waals surface area contributed by atoms with Crippen LogP contribution in [0.5, 0.6) is 0 Å². The van der Waals surface area contributed by atoms with E-state index in [0.29, 0.717) is 0 Å². The summed E-state index contributed by atoms with van der Waals surface area (Å²) >= 11 is 0. The van der Waals surface area contributed by atoms with Gasteiger partial charge in [-0.2, -0.15) is 0 Å². The van der Waals surface area contributed by atoms with Crippen molar-refractivity contribution in [3.8, 4) is 0 Å². The molecule has 0 spiro atoms. The molecule has 0 aliphatic heterocycles. The molecular weight excluding hydrogens is 432 g/mol. The van der Waals surface area contributed by atoms with Gasteiger partial charge in [-0.1, -0.05) is 54.6 Å². The molecule has 33 heavy (non-hydrogen) atoms. The standard InChI is InChI=1S/C9H12.C6H6.6CHNO/c1-7-5-4-6-8(2)9(7)3;1-2-4-6-5-3-1;6*2-1-3/h4-6H,1-3H3;1-6H;6*2H. The fraction of sp³-hybridized carbons (Fsp3) is 0.143. The van der Waals surface area contributed by atoms with Crippen molar-refractivity contribution >= 4 is 36.5 Å². The zero-order chi connectivity index (χ0) is 27.3. The lowest BCUT2D eigenvalue weighted by atomic mass is 10.1. The monoisotopic (exact) mass is 456 g/mol. The van der Waals surface area contributed by atoms with Crippen LogP contribution in [0.25, 0.3) is 0 Å². The lowest BCUT2D eigenvalue weighted by molar-refractivity contribution is 0.562. The van der Waals surface area contributed by atoms with Crippen molar-refractivity contribution in [2.75, 3.05) is 0 Å². The number of aryl methyl sites for hydroxylation is 2. The summed E-state index contributed by atoms with van der Waals surface area (Å²) in [5.74, 6) is 0. The molecule has 0 aromatic heterocycles. The van der Waals surface area contributed by atoms with Crippen LogP contribution in [0, 0.1) is 53.2 Å². The van der Waals surface area contributed by atoms with E-state index >= 15 is 0 Å². The molecule has 0 saturated carbocycles. The summed E-state index contributed by atoms with van der Waals surface area (Å²) in [6, 6.07) is 18.4. The van der Waals surface area contributed by atoms with Crippen LogP contribution >= 0.6 is 0 Å². The van der Waals surface area contributed by atoms with E-state index in [2.05, 4.69) is 39.0 Å². The number of hydrogen-bond acceptors (Lipinski definition) is 12. The molecule has 0 bridgehead atoms. The van der Waals surface area contributed by atoms with E-state index in [9.17, 15) is 0 Å². The number of hydrogen-bond donors (Lipinski definition) is 6. The van der Waals surface area contributed by atoms with E-state index in [4.69, 9.17) is 61.2 Å². The molecule has 2 aromatic rings. The van der Waals surface area contributed by atoms with Crippen LogP contribution in [0.1, 0.15) is 16.7 Å². The molecule has 2 aromatic carbocycles. The minimum Gasteiger partial charge on any atom is -0.222 e. The van der Waals surface area contributed by atoms with Crippen molar-refractivity contribution in [1.82, 2.24) is 0 Å². The van der Waals surface area contributed by atoms with Gasteiger partial charge in [0.25, 0.3) is 0 Å². The highest BCUT2D eigenvalue weighted by molar-refractivity contribution is 5.31. The first-order valence-corrected chi connectivity index (χ1v) is 7.97. The predicted octanol–water partition coefficient (Wildman–Crippen LogP) is 3.70. The van der Waals surface area contributed by atoms with Crippen LogP contribution in [0.3, 0.4) is 0 Å². The summed E-state index contributed by atoms with van der Waals surface area (Å²) in [7, 11) is 0. The van der Waals surface area contributed by atoms with Crippen LogP contribution in [0.4, 0.5) is 0 Å². The molecule has 0 atom stereocenters. The normalized spacial score (nSPS) is 5.55. The lowest BCUT2D eigenvalue weighted by Gasteiger charge is -2.00. The van der Waals surface area contributed by atoms with Crippen LogP contribution in [-0.2, 0) is 28.8 Å². The molecule has 0 aliphatic carbocycles. The van der Waals surface area contributed by atoms with Gasteiger partial charge in [-0.25, -0.2) is 61.2 Å². The molecule has 0 aliphatic rings. The van der Waals surface area contributed by atoms with Crippen molar-refractivity contribution < 1.29 is 28.8 Å². The number of isocyanates is 6. The van der Waals surface area contributed by atoms with E-state index in [0.717, 1.165) is 36.5 Å². The van der Waals surface area contributed by atoms with E-state index < -0.39 is 0 Å². The van der Waals surface area contributed by atoms with Crippen molar-refractivity contribution in [1.29, 1.82) is 32.5 Å². The van der Waals surface area contributed by atoms with E-state index in [1.54, 1.807) is 0 Å². The molecule has 0 unspecified atom stereocenters. The van der Waals surface area contributed by atoms with Gasteiger partial charge in [-0.15, -0.1) is 0 Å². The molecule has 12 nitrogen and oxygen atoms in total. The SMILES string of the molecule is Cc1cccc(C)c1C.N=C=O.N=C=O.N=C=O.N=C=O.N=C=O.N=C=O.c1ccccc1. The summed E-state index contributed by atoms with van der Waals surface area (Å²) < 4.78 is 0. The second-order valence-corrected chi connectivity index (χ2v) is 4.28. The van der Waals surface area contributed by atoms with Gasteiger partial charge in [0.2, 0.25) is 36.5 Å². The van der Waals surface area contributed by atoms with Crippen LogP contribution in [-0.4, -0.2) is 36.5 Å². The first-order chi connectivity index (χ1) is 15.7. The maximum Gasteiger partial charge on any atom is 0.231 e. The Hall–Kier alpha value is -5.28. The van der Waals surface area contributed by atoms with Crippen molar-refractivity contribution in [3.63, 3.8) is 0 Å². The van der Waals surface area contributed by atoms with Crippen molar-refractivity contribution in [2.24, 2.45) is 0 Å². The number of carbonyl (C=O) groups excluding carboxylic acids is 6. The Labute approximate surface area is 190 Å². The highest BCUT2D eigenvalue weighted by Crippen LogP contribution is 2.09. The Morgan fingerprint density at radius 2 is 0.576 bits per heavy atom. The predicted molar refractivity (Wildman–Crippen MR) is 118 cm³/mol. The van der Waals surface area contributed by atoms with E-state index in [-0.39, 0.29) is 0 Å². The average Bonchev–Trinajstić information content (AvgIpc) is 2.77. The Kier molecular flexibility index (Phi) is 64.1. The Balaban J connectivity index is -0.0000000673. The summed E-state index contributed by atoms with van der Waals surface area (Å²) in [5.41, 5.74) is 4.18. The highest BCUT2D eigenvalue weighted by Gasteiger charge is 1.91. The molecule has 174 valence electrons. The third-order valence-electron chi connectivity index (χ3n) is 2.54. The first kappa shape index (κ1) is 42.0. The lowest BCUT2D eigenvalue weighted by Crippen LogP contribution is -1.82. The van der Waals surface area contributed by atoms with Crippen LogP contribution in [0.15, 0.2) is 54.6 Å². The maximum atomic E-state index is 8.35. The van der Waals surface area contributed by atoms with Gasteiger partial charge in [0.05, 0.1) is 0 Å². The third-order valence-corrected chi connectivity index (χ3v) is 2.54. The minimum atomic E-state index is 0.750. The second-order valence-electron chi connectivity index (χ2n) is 4.28. The Morgan fingerprint density at radius 1 is 0.424 bits per heavy atom. The molecular formula is C21H24N6O6. The van der Waals surface area contributed by atoms with Crippen molar-refractivity contribution in [3.05, 3.63) is 71.3 Å². The van der Waals surface area contributed by atoms with Gasteiger partial charge >= 0.3 is 0 Å². The van der Waals surface area contributed by atoms with E-state index in [1.807, 2.05) is 36.4 Å².